The molecule has 3 aromatic rings. The summed E-state index contributed by atoms with van der Waals surface area (Å²) in [5.74, 6) is 1.49. The predicted molar refractivity (Wildman–Crippen MR) is 93.9 cm³/mol. The Morgan fingerprint density at radius 2 is 1.92 bits per heavy atom. The molecule has 0 unspecified atom stereocenters. The van der Waals surface area contributed by atoms with Gasteiger partial charge < -0.3 is 18.8 Å². The maximum Gasteiger partial charge on any atom is 0.275 e. The van der Waals surface area contributed by atoms with Gasteiger partial charge in [0.2, 0.25) is 5.89 Å². The van der Waals surface area contributed by atoms with Gasteiger partial charge in [0.25, 0.3) is 5.91 Å². The molecule has 7 nitrogen and oxygen atoms in total. The Morgan fingerprint density at radius 1 is 1.15 bits per heavy atom. The molecule has 1 aromatic carbocycles. The summed E-state index contributed by atoms with van der Waals surface area (Å²) in [4.78, 5) is 22.4. The van der Waals surface area contributed by atoms with Gasteiger partial charge in [0.05, 0.1) is 19.3 Å². The van der Waals surface area contributed by atoms with Crippen LogP contribution in [0.15, 0.2) is 59.3 Å². The van der Waals surface area contributed by atoms with Crippen LogP contribution in [-0.4, -0.2) is 34.9 Å². The van der Waals surface area contributed by atoms with Gasteiger partial charge in [-0.25, -0.2) is 4.98 Å². The fourth-order valence-electron chi connectivity index (χ4n) is 2.29. The van der Waals surface area contributed by atoms with Crippen LogP contribution in [0, 0.1) is 0 Å². The molecular weight excluding hydrogens is 334 g/mol. The Morgan fingerprint density at radius 3 is 2.62 bits per heavy atom. The topological polar surface area (TPSA) is 77.7 Å². The Labute approximate surface area is 151 Å². The molecule has 0 N–H and O–H groups in total. The van der Waals surface area contributed by atoms with Crippen molar-refractivity contribution < 1.29 is 18.7 Å². The highest BCUT2D eigenvalue weighted by Gasteiger charge is 2.17. The van der Waals surface area contributed by atoms with Gasteiger partial charge in [0.1, 0.15) is 17.8 Å². The van der Waals surface area contributed by atoms with Gasteiger partial charge >= 0.3 is 0 Å². The summed E-state index contributed by atoms with van der Waals surface area (Å²) in [5.41, 5.74) is 1.03. The van der Waals surface area contributed by atoms with Crippen molar-refractivity contribution in [1.82, 2.24) is 14.9 Å². The number of amides is 1. The minimum Gasteiger partial charge on any atom is -0.497 e. The van der Waals surface area contributed by atoms with Crippen LogP contribution >= 0.6 is 0 Å². The van der Waals surface area contributed by atoms with E-state index in [2.05, 4.69) is 9.97 Å². The van der Waals surface area contributed by atoms with Crippen LogP contribution in [0.25, 0.3) is 0 Å². The number of pyridine rings is 1. The lowest BCUT2D eigenvalue weighted by Crippen LogP contribution is -2.26. The Hall–Kier alpha value is -3.35. The summed E-state index contributed by atoms with van der Waals surface area (Å²) in [7, 11) is 3.30. The lowest BCUT2D eigenvalue weighted by atomic mass is 10.3. The molecule has 7 heteroatoms. The lowest BCUT2D eigenvalue weighted by molar-refractivity contribution is 0.0777. The Balaban J connectivity index is 1.57. The zero-order chi connectivity index (χ0) is 18.4. The summed E-state index contributed by atoms with van der Waals surface area (Å²) >= 11 is 0. The van der Waals surface area contributed by atoms with Crippen LogP contribution in [0.1, 0.15) is 22.1 Å². The third kappa shape index (κ3) is 4.38. The van der Waals surface area contributed by atoms with E-state index in [1.165, 1.54) is 11.2 Å². The molecule has 134 valence electrons. The quantitative estimate of drug-likeness (QED) is 0.650. The fourth-order valence-corrected chi connectivity index (χ4v) is 2.29. The number of hydrogen-bond acceptors (Lipinski definition) is 6. The molecule has 0 atom stereocenters. The minimum atomic E-state index is -0.241. The maximum absolute atomic E-state index is 12.4. The van der Waals surface area contributed by atoms with E-state index >= 15 is 0 Å². The lowest BCUT2D eigenvalue weighted by Gasteiger charge is -2.14. The van der Waals surface area contributed by atoms with Crippen molar-refractivity contribution in [3.63, 3.8) is 0 Å². The third-order valence-electron chi connectivity index (χ3n) is 3.66. The van der Waals surface area contributed by atoms with Crippen LogP contribution in [0.3, 0.4) is 0 Å². The molecule has 2 heterocycles. The van der Waals surface area contributed by atoms with Gasteiger partial charge in [-0.15, -0.1) is 0 Å². The van der Waals surface area contributed by atoms with Crippen molar-refractivity contribution in [3.05, 3.63) is 72.2 Å². The standard InChI is InChI=1S/C19H19N3O4/c1-22(11-14-5-3-4-10-20-14)19(23)17-12-26-18(21-17)13-25-16-8-6-15(24-2)7-9-16/h3-10,12H,11,13H2,1-2H3. The number of carbonyl (C=O) groups excluding carboxylic acids is 1. The number of benzene rings is 1. The zero-order valence-corrected chi connectivity index (χ0v) is 14.6. The van der Waals surface area contributed by atoms with E-state index < -0.39 is 0 Å². The van der Waals surface area contributed by atoms with E-state index in [0.29, 0.717) is 18.2 Å². The fraction of sp³-hybridized carbons (Fsp3) is 0.211. The van der Waals surface area contributed by atoms with Gasteiger partial charge in [0, 0.05) is 13.2 Å². The summed E-state index contributed by atoms with van der Waals surface area (Å²) in [5, 5.41) is 0. The van der Waals surface area contributed by atoms with E-state index in [-0.39, 0.29) is 18.2 Å². The molecule has 0 saturated carbocycles. The van der Waals surface area contributed by atoms with Crippen LogP contribution in [-0.2, 0) is 13.2 Å². The molecule has 1 amide bonds. The molecule has 0 bridgehead atoms. The predicted octanol–water partition coefficient (Wildman–Crippen LogP) is 2.93. The van der Waals surface area contributed by atoms with Crippen molar-refractivity contribution >= 4 is 5.91 Å². The highest BCUT2D eigenvalue weighted by atomic mass is 16.5. The minimum absolute atomic E-state index is 0.129. The summed E-state index contributed by atoms with van der Waals surface area (Å²) in [6.45, 7) is 0.522. The van der Waals surface area contributed by atoms with Gasteiger partial charge in [0.15, 0.2) is 12.3 Å². The number of nitrogens with zero attached hydrogens (tertiary/aromatic N) is 3. The summed E-state index contributed by atoms with van der Waals surface area (Å²) < 4.78 is 16.0. The van der Waals surface area contributed by atoms with Gasteiger partial charge in [-0.3, -0.25) is 9.78 Å². The molecule has 0 fully saturated rings. The monoisotopic (exact) mass is 353 g/mol. The largest absolute Gasteiger partial charge is 0.497 e. The number of methoxy groups -OCH3 is 1. The molecular formula is C19H19N3O4. The normalized spacial score (nSPS) is 10.4. The van der Waals surface area contributed by atoms with E-state index in [0.717, 1.165) is 11.4 Å². The average Bonchev–Trinajstić information content (AvgIpc) is 3.16. The van der Waals surface area contributed by atoms with Crippen LogP contribution < -0.4 is 9.47 Å². The van der Waals surface area contributed by atoms with Gasteiger partial charge in [-0.2, -0.15) is 0 Å². The SMILES string of the molecule is COc1ccc(OCc2nc(C(=O)N(C)Cc3ccccn3)co2)cc1. The molecule has 3 rings (SSSR count). The van der Waals surface area contributed by atoms with E-state index in [1.807, 2.05) is 18.2 Å². The highest BCUT2D eigenvalue weighted by molar-refractivity contribution is 5.91. The van der Waals surface area contributed by atoms with E-state index in [4.69, 9.17) is 13.9 Å². The molecule has 0 radical (unpaired) electrons. The molecule has 0 saturated heterocycles. The summed E-state index contributed by atoms with van der Waals surface area (Å²) in [6, 6.07) is 12.7. The number of hydrogen-bond donors (Lipinski definition) is 0. The third-order valence-corrected chi connectivity index (χ3v) is 3.66. The second-order valence-corrected chi connectivity index (χ2v) is 5.57. The number of rotatable bonds is 7. The van der Waals surface area contributed by atoms with Crippen LogP contribution in [0.2, 0.25) is 0 Å². The maximum atomic E-state index is 12.4. The molecule has 0 aliphatic carbocycles. The van der Waals surface area contributed by atoms with Crippen molar-refractivity contribution in [2.45, 2.75) is 13.2 Å². The second-order valence-electron chi connectivity index (χ2n) is 5.57. The van der Waals surface area contributed by atoms with Crippen LogP contribution in [0.4, 0.5) is 0 Å². The highest BCUT2D eigenvalue weighted by Crippen LogP contribution is 2.18. The molecule has 0 aliphatic heterocycles. The van der Waals surface area contributed by atoms with Gasteiger partial charge in [-0.1, -0.05) is 6.07 Å². The van der Waals surface area contributed by atoms with E-state index in [9.17, 15) is 4.79 Å². The number of ether oxygens (including phenoxy) is 2. The molecule has 2 aromatic heterocycles. The van der Waals surface area contributed by atoms with Crippen molar-refractivity contribution in [3.8, 4) is 11.5 Å². The first-order valence-electron chi connectivity index (χ1n) is 8.02. The van der Waals surface area contributed by atoms with Gasteiger partial charge in [-0.05, 0) is 36.4 Å². The van der Waals surface area contributed by atoms with Crippen molar-refractivity contribution in [2.75, 3.05) is 14.2 Å². The first kappa shape index (κ1) is 17.5. The van der Waals surface area contributed by atoms with Crippen molar-refractivity contribution in [2.24, 2.45) is 0 Å². The van der Waals surface area contributed by atoms with E-state index in [1.54, 1.807) is 44.6 Å². The second kappa shape index (κ2) is 8.15. The molecule has 26 heavy (non-hydrogen) atoms. The number of aromatic nitrogens is 2. The molecule has 0 spiro atoms. The van der Waals surface area contributed by atoms with Crippen molar-refractivity contribution in [1.29, 1.82) is 0 Å². The number of oxazole rings is 1. The zero-order valence-electron chi connectivity index (χ0n) is 14.6. The molecule has 0 aliphatic rings. The summed E-state index contributed by atoms with van der Waals surface area (Å²) in [6.07, 6.45) is 3.03. The smallest absolute Gasteiger partial charge is 0.275 e. The first-order chi connectivity index (χ1) is 12.7. The number of carbonyl (C=O) groups is 1. The first-order valence-corrected chi connectivity index (χ1v) is 8.02. The Bertz CT molecular complexity index is 847. The average molecular weight is 353 g/mol. The Kier molecular flexibility index (Phi) is 5.48. The van der Waals surface area contributed by atoms with Crippen LogP contribution in [0.5, 0.6) is 11.5 Å².